The topological polar surface area (TPSA) is 55.6 Å². The van der Waals surface area contributed by atoms with Crippen molar-refractivity contribution in [3.05, 3.63) is 29.8 Å². The molecule has 0 spiro atoms. The maximum atomic E-state index is 12.8. The Hall–Kier alpha value is -1.55. The lowest BCUT2D eigenvalue weighted by molar-refractivity contribution is -0.138. The number of nitrogens with zero attached hydrogens (tertiary/aromatic N) is 1. The first-order valence-electron chi connectivity index (χ1n) is 8.24. The Kier molecular flexibility index (Phi) is 5.83. The Morgan fingerprint density at radius 2 is 1.91 bits per heavy atom. The van der Waals surface area contributed by atoms with Crippen molar-refractivity contribution in [3.8, 4) is 5.75 Å². The van der Waals surface area contributed by atoms with E-state index in [1.807, 2.05) is 30.9 Å². The highest BCUT2D eigenvalue weighted by Gasteiger charge is 2.30. The Balaban J connectivity index is 2.24. The number of ether oxygens (including phenoxy) is 1. The molecule has 0 saturated carbocycles. The van der Waals surface area contributed by atoms with Gasteiger partial charge in [-0.25, -0.2) is 0 Å². The summed E-state index contributed by atoms with van der Waals surface area (Å²) < 4.78 is 5.23. The summed E-state index contributed by atoms with van der Waals surface area (Å²) in [5.41, 5.74) is 7.13. The fraction of sp³-hybridized carbons (Fsp3) is 0.611. The van der Waals surface area contributed by atoms with E-state index in [-0.39, 0.29) is 23.9 Å². The van der Waals surface area contributed by atoms with E-state index < -0.39 is 0 Å². The highest BCUT2D eigenvalue weighted by Crippen LogP contribution is 2.32. The molecular weight excluding hydrogens is 276 g/mol. The average Bonchev–Trinajstić information content (AvgIpc) is 2.79. The molecule has 3 unspecified atom stereocenters. The largest absolute Gasteiger partial charge is 0.497 e. The highest BCUT2D eigenvalue weighted by molar-refractivity contribution is 5.79. The highest BCUT2D eigenvalue weighted by atomic mass is 16.5. The van der Waals surface area contributed by atoms with Gasteiger partial charge in [0.25, 0.3) is 0 Å². The SMILES string of the molecule is COc1ccc(C2CCCCCN2C(=O)C(C)C(C)N)cc1. The third kappa shape index (κ3) is 3.80. The van der Waals surface area contributed by atoms with Crippen LogP contribution in [0.3, 0.4) is 0 Å². The summed E-state index contributed by atoms with van der Waals surface area (Å²) in [5.74, 6) is 0.885. The number of hydrogen-bond acceptors (Lipinski definition) is 3. The third-order valence-corrected chi connectivity index (χ3v) is 4.71. The van der Waals surface area contributed by atoms with Crippen molar-refractivity contribution in [1.82, 2.24) is 4.90 Å². The van der Waals surface area contributed by atoms with Crippen molar-refractivity contribution in [3.63, 3.8) is 0 Å². The fourth-order valence-corrected chi connectivity index (χ4v) is 3.03. The Morgan fingerprint density at radius 1 is 1.23 bits per heavy atom. The van der Waals surface area contributed by atoms with Crippen molar-refractivity contribution in [1.29, 1.82) is 0 Å². The number of carbonyl (C=O) groups excluding carboxylic acids is 1. The normalized spacial score (nSPS) is 21.8. The van der Waals surface area contributed by atoms with Crippen LogP contribution in [-0.4, -0.2) is 30.5 Å². The molecule has 1 fully saturated rings. The molecule has 1 aliphatic heterocycles. The molecular formula is C18H28N2O2. The zero-order valence-corrected chi connectivity index (χ0v) is 13.9. The van der Waals surface area contributed by atoms with E-state index in [1.165, 1.54) is 12.0 Å². The first kappa shape index (κ1) is 16.8. The van der Waals surface area contributed by atoms with Gasteiger partial charge in [0.2, 0.25) is 5.91 Å². The first-order valence-corrected chi connectivity index (χ1v) is 8.24. The molecule has 1 amide bonds. The molecule has 2 rings (SSSR count). The molecule has 122 valence electrons. The summed E-state index contributed by atoms with van der Waals surface area (Å²) in [5, 5.41) is 0. The first-order chi connectivity index (χ1) is 10.5. The summed E-state index contributed by atoms with van der Waals surface area (Å²) in [4.78, 5) is 14.9. The van der Waals surface area contributed by atoms with E-state index >= 15 is 0 Å². The summed E-state index contributed by atoms with van der Waals surface area (Å²) in [6.45, 7) is 4.67. The lowest BCUT2D eigenvalue weighted by Gasteiger charge is -2.33. The van der Waals surface area contributed by atoms with Gasteiger partial charge in [-0.05, 0) is 37.5 Å². The van der Waals surface area contributed by atoms with Crippen LogP contribution in [0, 0.1) is 5.92 Å². The van der Waals surface area contributed by atoms with Crippen molar-refractivity contribution in [2.24, 2.45) is 11.7 Å². The van der Waals surface area contributed by atoms with E-state index in [2.05, 4.69) is 12.1 Å². The molecule has 0 radical (unpaired) electrons. The van der Waals surface area contributed by atoms with Crippen LogP contribution in [0.1, 0.15) is 51.1 Å². The molecule has 0 aliphatic carbocycles. The molecule has 0 bridgehead atoms. The van der Waals surface area contributed by atoms with Gasteiger partial charge in [0, 0.05) is 12.6 Å². The van der Waals surface area contributed by atoms with E-state index in [0.29, 0.717) is 0 Å². The standard InChI is InChI=1S/C18H28N2O2/c1-13(14(2)19)18(21)20-12-6-4-5-7-17(20)15-8-10-16(22-3)11-9-15/h8-11,13-14,17H,4-7,12,19H2,1-3H3. The number of amides is 1. The second kappa shape index (κ2) is 7.63. The molecule has 1 aliphatic rings. The molecule has 3 atom stereocenters. The maximum absolute atomic E-state index is 12.8. The van der Waals surface area contributed by atoms with E-state index in [0.717, 1.165) is 31.6 Å². The van der Waals surface area contributed by atoms with Gasteiger partial charge in [-0.1, -0.05) is 31.9 Å². The van der Waals surface area contributed by atoms with Gasteiger partial charge in [0.15, 0.2) is 0 Å². The van der Waals surface area contributed by atoms with Crippen LogP contribution in [-0.2, 0) is 4.79 Å². The van der Waals surface area contributed by atoms with Gasteiger partial charge in [0.05, 0.1) is 19.1 Å². The number of likely N-dealkylation sites (tertiary alicyclic amines) is 1. The van der Waals surface area contributed by atoms with Gasteiger partial charge in [0.1, 0.15) is 5.75 Å². The number of rotatable bonds is 4. The molecule has 4 heteroatoms. The lowest BCUT2D eigenvalue weighted by atomic mass is 9.97. The van der Waals surface area contributed by atoms with Crippen LogP contribution in [0.25, 0.3) is 0 Å². The third-order valence-electron chi connectivity index (χ3n) is 4.71. The number of carbonyl (C=O) groups is 1. The molecule has 1 aromatic rings. The van der Waals surface area contributed by atoms with Crippen LogP contribution in [0.5, 0.6) is 5.75 Å². The molecule has 22 heavy (non-hydrogen) atoms. The average molecular weight is 304 g/mol. The Labute approximate surface area is 133 Å². The molecule has 4 nitrogen and oxygen atoms in total. The second-order valence-electron chi connectivity index (χ2n) is 6.32. The summed E-state index contributed by atoms with van der Waals surface area (Å²) >= 11 is 0. The molecule has 1 saturated heterocycles. The van der Waals surface area contributed by atoms with E-state index in [4.69, 9.17) is 10.5 Å². The zero-order valence-electron chi connectivity index (χ0n) is 13.9. The summed E-state index contributed by atoms with van der Waals surface area (Å²) in [7, 11) is 1.67. The molecule has 1 heterocycles. The predicted molar refractivity (Wildman–Crippen MR) is 88.7 cm³/mol. The monoisotopic (exact) mass is 304 g/mol. The number of hydrogen-bond donors (Lipinski definition) is 1. The summed E-state index contributed by atoms with van der Waals surface area (Å²) in [6, 6.07) is 8.13. The fourth-order valence-electron chi connectivity index (χ4n) is 3.03. The Bertz CT molecular complexity index is 484. The lowest BCUT2D eigenvalue weighted by Crippen LogP contribution is -2.43. The van der Waals surface area contributed by atoms with Gasteiger partial charge < -0.3 is 15.4 Å². The maximum Gasteiger partial charge on any atom is 0.227 e. The molecule has 1 aromatic carbocycles. The predicted octanol–water partition coefficient (Wildman–Crippen LogP) is 3.12. The van der Waals surface area contributed by atoms with Gasteiger partial charge in [-0.15, -0.1) is 0 Å². The van der Waals surface area contributed by atoms with Crippen molar-refractivity contribution in [2.75, 3.05) is 13.7 Å². The van der Waals surface area contributed by atoms with Crippen molar-refractivity contribution < 1.29 is 9.53 Å². The second-order valence-corrected chi connectivity index (χ2v) is 6.32. The number of nitrogens with two attached hydrogens (primary N) is 1. The van der Waals surface area contributed by atoms with Crippen LogP contribution >= 0.6 is 0 Å². The van der Waals surface area contributed by atoms with Crippen LogP contribution in [0.4, 0.5) is 0 Å². The molecule has 0 aromatic heterocycles. The van der Waals surface area contributed by atoms with E-state index in [1.54, 1.807) is 7.11 Å². The number of methoxy groups -OCH3 is 1. The zero-order chi connectivity index (χ0) is 16.1. The Morgan fingerprint density at radius 3 is 2.50 bits per heavy atom. The van der Waals surface area contributed by atoms with Gasteiger partial charge in [-0.2, -0.15) is 0 Å². The van der Waals surface area contributed by atoms with Crippen LogP contribution < -0.4 is 10.5 Å². The molecule has 2 N–H and O–H groups in total. The van der Waals surface area contributed by atoms with Crippen molar-refractivity contribution in [2.45, 2.75) is 51.6 Å². The van der Waals surface area contributed by atoms with Crippen LogP contribution in [0.15, 0.2) is 24.3 Å². The number of benzene rings is 1. The van der Waals surface area contributed by atoms with Gasteiger partial charge in [-0.3, -0.25) is 4.79 Å². The quantitative estimate of drug-likeness (QED) is 0.930. The van der Waals surface area contributed by atoms with E-state index in [9.17, 15) is 4.79 Å². The minimum Gasteiger partial charge on any atom is -0.497 e. The minimum absolute atomic E-state index is 0.118. The smallest absolute Gasteiger partial charge is 0.227 e. The minimum atomic E-state index is -0.140. The van der Waals surface area contributed by atoms with Crippen molar-refractivity contribution >= 4 is 5.91 Å². The summed E-state index contributed by atoms with van der Waals surface area (Å²) in [6.07, 6.45) is 4.43. The van der Waals surface area contributed by atoms with Gasteiger partial charge >= 0.3 is 0 Å². The van der Waals surface area contributed by atoms with Crippen LogP contribution in [0.2, 0.25) is 0 Å².